The molecule has 0 aliphatic heterocycles. The number of aliphatic carboxylic acids is 1. The number of benzene rings is 1. The van der Waals surface area contributed by atoms with Crippen molar-refractivity contribution in [2.24, 2.45) is 0 Å². The summed E-state index contributed by atoms with van der Waals surface area (Å²) in [7, 11) is 1.58. The third-order valence-electron chi connectivity index (χ3n) is 2.56. The van der Waals surface area contributed by atoms with Crippen LogP contribution in [0.5, 0.6) is 0 Å². The van der Waals surface area contributed by atoms with E-state index in [9.17, 15) is 9.59 Å². The number of carboxylic acid groups (broad SMARTS) is 1. The van der Waals surface area contributed by atoms with E-state index in [0.29, 0.717) is 32.1 Å². The summed E-state index contributed by atoms with van der Waals surface area (Å²) < 4.78 is 10.0. The molecule has 0 saturated carbocycles. The maximum atomic E-state index is 12.0. The number of rotatable bonds is 9. The first kappa shape index (κ1) is 16.9. The van der Waals surface area contributed by atoms with E-state index >= 15 is 0 Å². The number of nitrogens with zero attached hydrogens (tertiary/aromatic N) is 1. The van der Waals surface area contributed by atoms with Crippen molar-refractivity contribution >= 4 is 17.7 Å². The van der Waals surface area contributed by atoms with Crippen LogP contribution in [0.15, 0.2) is 30.3 Å². The minimum absolute atomic E-state index is 0.297. The van der Waals surface area contributed by atoms with Gasteiger partial charge in [0.05, 0.1) is 19.8 Å². The monoisotopic (exact) mass is 296 g/mol. The first-order valence-electron chi connectivity index (χ1n) is 6.54. The first-order chi connectivity index (χ1) is 10.1. The zero-order valence-electron chi connectivity index (χ0n) is 11.9. The molecule has 1 rings (SSSR count). The lowest BCUT2D eigenvalue weighted by molar-refractivity contribution is -0.135. The van der Waals surface area contributed by atoms with Gasteiger partial charge in [0.1, 0.15) is 6.54 Å². The van der Waals surface area contributed by atoms with Gasteiger partial charge in [-0.1, -0.05) is 18.2 Å². The summed E-state index contributed by atoms with van der Waals surface area (Å²) in [5, 5.41) is 11.5. The Bertz CT molecular complexity index is 438. The zero-order valence-corrected chi connectivity index (χ0v) is 11.9. The molecule has 2 amide bonds. The minimum atomic E-state index is -1.08. The van der Waals surface area contributed by atoms with Gasteiger partial charge in [0, 0.05) is 19.3 Å². The summed E-state index contributed by atoms with van der Waals surface area (Å²) in [4.78, 5) is 24.1. The van der Waals surface area contributed by atoms with E-state index in [0.717, 1.165) is 4.90 Å². The molecule has 2 N–H and O–H groups in total. The molecule has 0 heterocycles. The molecule has 7 heteroatoms. The molecular formula is C14H20N2O5. The summed E-state index contributed by atoms with van der Waals surface area (Å²) in [5.74, 6) is -1.08. The number of carboxylic acids is 1. The largest absolute Gasteiger partial charge is 0.480 e. The number of hydrogen-bond acceptors (Lipinski definition) is 4. The highest BCUT2D eigenvalue weighted by Gasteiger charge is 2.17. The standard InChI is InChI=1S/C14H20N2O5/c1-20-9-10-21-8-7-15-14(19)16(11-13(17)18)12-5-3-2-4-6-12/h2-6H,7-11H2,1H3,(H,15,19)(H,17,18). The van der Waals surface area contributed by atoms with Gasteiger partial charge in [0.25, 0.3) is 0 Å². The van der Waals surface area contributed by atoms with Crippen LogP contribution in [0.2, 0.25) is 0 Å². The van der Waals surface area contributed by atoms with Crippen LogP contribution in [-0.4, -0.2) is 57.1 Å². The van der Waals surface area contributed by atoms with Gasteiger partial charge in [-0.05, 0) is 12.1 Å². The quantitative estimate of drug-likeness (QED) is 0.662. The fourth-order valence-electron chi connectivity index (χ4n) is 1.59. The average Bonchev–Trinajstić information content (AvgIpc) is 2.49. The van der Waals surface area contributed by atoms with Gasteiger partial charge in [-0.25, -0.2) is 4.79 Å². The van der Waals surface area contributed by atoms with Crippen molar-refractivity contribution in [1.82, 2.24) is 5.32 Å². The van der Waals surface area contributed by atoms with E-state index in [1.807, 2.05) is 0 Å². The number of amides is 2. The molecule has 0 radical (unpaired) electrons. The van der Waals surface area contributed by atoms with Crippen LogP contribution >= 0.6 is 0 Å². The fourth-order valence-corrected chi connectivity index (χ4v) is 1.59. The summed E-state index contributed by atoms with van der Waals surface area (Å²) in [6.45, 7) is 1.17. The molecule has 21 heavy (non-hydrogen) atoms. The van der Waals surface area contributed by atoms with Gasteiger partial charge < -0.3 is 19.9 Å². The number of nitrogens with one attached hydrogen (secondary N) is 1. The fraction of sp³-hybridized carbons (Fsp3) is 0.429. The van der Waals surface area contributed by atoms with Crippen molar-refractivity contribution in [2.75, 3.05) is 44.9 Å². The second-order valence-corrected chi connectivity index (χ2v) is 4.15. The maximum absolute atomic E-state index is 12.0. The number of hydrogen-bond donors (Lipinski definition) is 2. The second kappa shape index (κ2) is 9.73. The lowest BCUT2D eigenvalue weighted by atomic mass is 10.3. The molecule has 0 aliphatic rings. The van der Waals surface area contributed by atoms with Crippen LogP contribution in [-0.2, 0) is 14.3 Å². The van der Waals surface area contributed by atoms with Gasteiger partial charge in [-0.15, -0.1) is 0 Å². The minimum Gasteiger partial charge on any atom is -0.480 e. The van der Waals surface area contributed by atoms with Crippen molar-refractivity contribution in [3.8, 4) is 0 Å². The van der Waals surface area contributed by atoms with Crippen LogP contribution < -0.4 is 10.2 Å². The third-order valence-corrected chi connectivity index (χ3v) is 2.56. The number of methoxy groups -OCH3 is 1. The van der Waals surface area contributed by atoms with Crippen LogP contribution in [0.3, 0.4) is 0 Å². The number of carbonyl (C=O) groups is 2. The summed E-state index contributed by atoms with van der Waals surface area (Å²) >= 11 is 0. The topological polar surface area (TPSA) is 88.1 Å². The maximum Gasteiger partial charge on any atom is 0.323 e. The second-order valence-electron chi connectivity index (χ2n) is 4.15. The summed E-state index contributed by atoms with van der Waals surface area (Å²) in [5.41, 5.74) is 0.526. The molecule has 0 saturated heterocycles. The van der Waals surface area contributed by atoms with Gasteiger partial charge in [0.2, 0.25) is 0 Å². The van der Waals surface area contributed by atoms with Gasteiger partial charge in [-0.3, -0.25) is 9.69 Å². The average molecular weight is 296 g/mol. The Morgan fingerprint density at radius 1 is 1.19 bits per heavy atom. The highest BCUT2D eigenvalue weighted by Crippen LogP contribution is 2.12. The van der Waals surface area contributed by atoms with Gasteiger partial charge >= 0.3 is 12.0 Å². The van der Waals surface area contributed by atoms with Crippen molar-refractivity contribution in [3.63, 3.8) is 0 Å². The van der Waals surface area contributed by atoms with Gasteiger partial charge in [-0.2, -0.15) is 0 Å². The number of anilines is 1. The molecule has 1 aromatic rings. The number of carbonyl (C=O) groups excluding carboxylic acids is 1. The van der Waals surface area contributed by atoms with Crippen molar-refractivity contribution in [2.45, 2.75) is 0 Å². The lowest BCUT2D eigenvalue weighted by Crippen LogP contribution is -2.44. The third kappa shape index (κ3) is 6.73. The highest BCUT2D eigenvalue weighted by molar-refractivity contribution is 5.96. The Morgan fingerprint density at radius 3 is 2.52 bits per heavy atom. The Hall–Kier alpha value is -2.12. The van der Waals surface area contributed by atoms with Crippen LogP contribution in [0.4, 0.5) is 10.5 Å². The number of urea groups is 1. The van der Waals surface area contributed by atoms with Crippen LogP contribution in [0.1, 0.15) is 0 Å². The molecule has 0 aromatic heterocycles. The molecule has 0 spiro atoms. The van der Waals surface area contributed by atoms with E-state index in [4.69, 9.17) is 14.6 Å². The Kier molecular flexibility index (Phi) is 7.85. The lowest BCUT2D eigenvalue weighted by Gasteiger charge is -2.21. The van der Waals surface area contributed by atoms with E-state index in [-0.39, 0.29) is 0 Å². The normalized spacial score (nSPS) is 10.1. The van der Waals surface area contributed by atoms with Crippen molar-refractivity contribution in [3.05, 3.63) is 30.3 Å². The predicted octanol–water partition coefficient (Wildman–Crippen LogP) is 0.950. The Labute approximate surface area is 123 Å². The molecule has 0 atom stereocenters. The molecule has 7 nitrogen and oxygen atoms in total. The highest BCUT2D eigenvalue weighted by atomic mass is 16.5. The molecule has 0 unspecified atom stereocenters. The predicted molar refractivity (Wildman–Crippen MR) is 77.5 cm³/mol. The molecule has 116 valence electrons. The molecular weight excluding hydrogens is 276 g/mol. The van der Waals surface area contributed by atoms with E-state index in [1.165, 1.54) is 0 Å². The van der Waals surface area contributed by atoms with Crippen molar-refractivity contribution < 1.29 is 24.2 Å². The number of ether oxygens (including phenoxy) is 2. The van der Waals surface area contributed by atoms with E-state index in [1.54, 1.807) is 37.4 Å². The molecule has 0 fully saturated rings. The molecule has 1 aromatic carbocycles. The van der Waals surface area contributed by atoms with Crippen LogP contribution in [0, 0.1) is 0 Å². The summed E-state index contributed by atoms with van der Waals surface area (Å²) in [6, 6.07) is 8.16. The number of para-hydroxylation sites is 1. The van der Waals surface area contributed by atoms with Crippen molar-refractivity contribution in [1.29, 1.82) is 0 Å². The van der Waals surface area contributed by atoms with E-state index in [2.05, 4.69) is 5.32 Å². The molecule has 0 bridgehead atoms. The SMILES string of the molecule is COCCOCCNC(=O)N(CC(=O)O)c1ccccc1. The van der Waals surface area contributed by atoms with Crippen LogP contribution in [0.25, 0.3) is 0 Å². The Morgan fingerprint density at radius 2 is 1.90 bits per heavy atom. The first-order valence-corrected chi connectivity index (χ1v) is 6.54. The van der Waals surface area contributed by atoms with Gasteiger partial charge in [0.15, 0.2) is 0 Å². The van der Waals surface area contributed by atoms with E-state index < -0.39 is 18.5 Å². The molecule has 0 aliphatic carbocycles. The zero-order chi connectivity index (χ0) is 15.5. The smallest absolute Gasteiger partial charge is 0.323 e. The summed E-state index contributed by atoms with van der Waals surface area (Å²) in [6.07, 6.45) is 0. The Balaban J connectivity index is 2.47.